The fraction of sp³-hybridized carbons (Fsp3) is 0.633. The Labute approximate surface area is 204 Å². The number of likely N-dealkylation sites (tertiary alicyclic amines) is 1. The predicted molar refractivity (Wildman–Crippen MR) is 143 cm³/mol. The number of amides is 1. The summed E-state index contributed by atoms with van der Waals surface area (Å²) >= 11 is 0. The Morgan fingerprint density at radius 2 is 1.21 bits per heavy atom. The topological polar surface area (TPSA) is 40.5 Å². The van der Waals surface area contributed by atoms with Crippen molar-refractivity contribution in [1.29, 1.82) is 0 Å². The van der Waals surface area contributed by atoms with Crippen LogP contribution in [0.3, 0.4) is 0 Å². The van der Waals surface area contributed by atoms with Gasteiger partial charge in [-0.2, -0.15) is 0 Å². The number of aliphatic hydroxyl groups excluding tert-OH is 1. The van der Waals surface area contributed by atoms with E-state index in [0.29, 0.717) is 6.54 Å². The van der Waals surface area contributed by atoms with Gasteiger partial charge in [0.05, 0.1) is 6.10 Å². The van der Waals surface area contributed by atoms with Crippen molar-refractivity contribution in [1.82, 2.24) is 4.90 Å². The molecule has 0 radical (unpaired) electrons. The highest BCUT2D eigenvalue weighted by molar-refractivity contribution is 5.88. The number of β-amino-alcohol motifs (C(OH)–C–C–N with tert-alkyl or cyclic N) is 1. The number of hydrogen-bond donors (Lipinski definition) is 1. The van der Waals surface area contributed by atoms with Gasteiger partial charge >= 0.3 is 0 Å². The molecule has 1 rings (SSSR count). The first-order chi connectivity index (χ1) is 15.7. The Kier molecular flexibility index (Phi) is 14.8. The molecule has 0 aliphatic carbocycles. The second kappa shape index (κ2) is 16.7. The van der Waals surface area contributed by atoms with Crippen molar-refractivity contribution < 1.29 is 9.90 Å². The minimum absolute atomic E-state index is 0.0468. The molecule has 1 heterocycles. The van der Waals surface area contributed by atoms with E-state index in [0.717, 1.165) is 69.9 Å². The average Bonchev–Trinajstić information content (AvgIpc) is 2.73. The maximum atomic E-state index is 12.4. The van der Waals surface area contributed by atoms with Gasteiger partial charge in [-0.05, 0) is 106 Å². The fourth-order valence-corrected chi connectivity index (χ4v) is 4.06. The van der Waals surface area contributed by atoms with Gasteiger partial charge in [-0.1, -0.05) is 52.2 Å². The largest absolute Gasteiger partial charge is 0.391 e. The molecule has 186 valence electrons. The van der Waals surface area contributed by atoms with E-state index in [-0.39, 0.29) is 12.0 Å². The lowest BCUT2D eigenvalue weighted by Gasteiger charge is -2.29. The molecular formula is C30H49NO2. The number of nitrogens with zero attached hydrogens (tertiary/aromatic N) is 1. The van der Waals surface area contributed by atoms with Gasteiger partial charge in [0.15, 0.2) is 0 Å². The molecule has 0 aromatic heterocycles. The normalized spacial score (nSPS) is 18.5. The van der Waals surface area contributed by atoms with Crippen molar-refractivity contribution in [2.75, 3.05) is 13.1 Å². The SMILES string of the molecule is CC(C)=CCCC(C)=CCCC(C)=CCCC(C)=CCCC(C)=CC(=O)N1CCCC(O)C1. The van der Waals surface area contributed by atoms with Crippen LogP contribution in [-0.4, -0.2) is 35.1 Å². The molecule has 1 fully saturated rings. The smallest absolute Gasteiger partial charge is 0.246 e. The summed E-state index contributed by atoms with van der Waals surface area (Å²) in [4.78, 5) is 14.1. The third-order valence-corrected chi connectivity index (χ3v) is 6.26. The van der Waals surface area contributed by atoms with Crippen molar-refractivity contribution in [3.8, 4) is 0 Å². The molecule has 0 saturated carbocycles. The third-order valence-electron chi connectivity index (χ3n) is 6.26. The van der Waals surface area contributed by atoms with Crippen LogP contribution in [-0.2, 0) is 4.79 Å². The summed E-state index contributed by atoms with van der Waals surface area (Å²) < 4.78 is 0. The van der Waals surface area contributed by atoms with Gasteiger partial charge < -0.3 is 10.0 Å². The Morgan fingerprint density at radius 3 is 1.67 bits per heavy atom. The number of hydrogen-bond acceptors (Lipinski definition) is 2. The van der Waals surface area contributed by atoms with E-state index in [4.69, 9.17) is 0 Å². The zero-order valence-electron chi connectivity index (χ0n) is 22.3. The highest BCUT2D eigenvalue weighted by Crippen LogP contribution is 2.16. The predicted octanol–water partition coefficient (Wildman–Crippen LogP) is 7.84. The first kappa shape index (κ1) is 29.2. The minimum atomic E-state index is -0.363. The van der Waals surface area contributed by atoms with E-state index >= 15 is 0 Å². The third kappa shape index (κ3) is 14.8. The number of carbonyl (C=O) groups excluding carboxylic acids is 1. The summed E-state index contributed by atoms with van der Waals surface area (Å²) in [5.74, 6) is 0.0468. The van der Waals surface area contributed by atoms with Crippen LogP contribution < -0.4 is 0 Å². The summed E-state index contributed by atoms with van der Waals surface area (Å²) in [7, 11) is 0. The second-order valence-electron chi connectivity index (χ2n) is 10.2. The average molecular weight is 456 g/mol. The van der Waals surface area contributed by atoms with Crippen molar-refractivity contribution in [3.63, 3.8) is 0 Å². The number of rotatable bonds is 13. The molecule has 1 amide bonds. The van der Waals surface area contributed by atoms with Crippen molar-refractivity contribution in [2.45, 2.75) is 112 Å². The van der Waals surface area contributed by atoms with E-state index in [1.807, 2.05) is 6.92 Å². The maximum absolute atomic E-state index is 12.4. The van der Waals surface area contributed by atoms with Crippen LogP contribution in [0.5, 0.6) is 0 Å². The summed E-state index contributed by atoms with van der Waals surface area (Å²) in [5, 5.41) is 9.75. The maximum Gasteiger partial charge on any atom is 0.246 e. The first-order valence-corrected chi connectivity index (χ1v) is 12.9. The number of piperidine rings is 1. The van der Waals surface area contributed by atoms with E-state index in [1.165, 1.54) is 28.7 Å². The van der Waals surface area contributed by atoms with Gasteiger partial charge in [0.25, 0.3) is 0 Å². The Balaban J connectivity index is 2.28. The lowest BCUT2D eigenvalue weighted by molar-refractivity contribution is -0.129. The molecule has 1 atom stereocenters. The molecule has 1 N–H and O–H groups in total. The molecule has 33 heavy (non-hydrogen) atoms. The molecule has 0 bridgehead atoms. The van der Waals surface area contributed by atoms with Crippen LogP contribution in [0, 0.1) is 0 Å². The Hall–Kier alpha value is -1.87. The van der Waals surface area contributed by atoms with Crippen molar-refractivity contribution in [2.24, 2.45) is 0 Å². The summed E-state index contributed by atoms with van der Waals surface area (Å²) in [6, 6.07) is 0. The molecule has 3 heteroatoms. The van der Waals surface area contributed by atoms with Crippen molar-refractivity contribution >= 4 is 5.91 Å². The molecule has 1 unspecified atom stereocenters. The monoisotopic (exact) mass is 455 g/mol. The second-order valence-corrected chi connectivity index (χ2v) is 10.2. The van der Waals surface area contributed by atoms with Gasteiger partial charge in [0.2, 0.25) is 5.91 Å². The zero-order valence-corrected chi connectivity index (χ0v) is 22.3. The van der Waals surface area contributed by atoms with Crippen LogP contribution >= 0.6 is 0 Å². The van der Waals surface area contributed by atoms with E-state index in [2.05, 4.69) is 58.9 Å². The fourth-order valence-electron chi connectivity index (χ4n) is 4.06. The molecule has 1 saturated heterocycles. The van der Waals surface area contributed by atoms with Gasteiger partial charge in [-0.15, -0.1) is 0 Å². The highest BCUT2D eigenvalue weighted by Gasteiger charge is 2.20. The summed E-state index contributed by atoms with van der Waals surface area (Å²) in [5.41, 5.74) is 6.92. The lowest BCUT2D eigenvalue weighted by atomic mass is 10.0. The summed E-state index contributed by atoms with van der Waals surface area (Å²) in [6.07, 6.45) is 21.2. The van der Waals surface area contributed by atoms with Crippen LogP contribution in [0.1, 0.15) is 106 Å². The quantitative estimate of drug-likeness (QED) is 0.227. The van der Waals surface area contributed by atoms with Gasteiger partial charge in [0, 0.05) is 19.2 Å². The van der Waals surface area contributed by atoms with E-state index in [1.54, 1.807) is 11.0 Å². The zero-order chi connectivity index (χ0) is 24.6. The van der Waals surface area contributed by atoms with Gasteiger partial charge in [0.1, 0.15) is 0 Å². The lowest BCUT2D eigenvalue weighted by Crippen LogP contribution is -2.41. The van der Waals surface area contributed by atoms with Crippen LogP contribution in [0.25, 0.3) is 0 Å². The van der Waals surface area contributed by atoms with E-state index < -0.39 is 0 Å². The number of allylic oxidation sites excluding steroid dienone is 9. The first-order valence-electron chi connectivity index (χ1n) is 12.9. The molecule has 1 aliphatic rings. The van der Waals surface area contributed by atoms with Crippen LogP contribution in [0.15, 0.2) is 58.2 Å². The Morgan fingerprint density at radius 1 is 0.758 bits per heavy atom. The molecule has 1 aliphatic heterocycles. The van der Waals surface area contributed by atoms with Gasteiger partial charge in [-0.3, -0.25) is 4.79 Å². The Bertz CT molecular complexity index is 747. The number of carbonyl (C=O) groups is 1. The minimum Gasteiger partial charge on any atom is -0.391 e. The molecule has 0 spiro atoms. The molecular weight excluding hydrogens is 406 g/mol. The highest BCUT2D eigenvalue weighted by atomic mass is 16.3. The standard InChI is InChI=1S/C30H49NO2/c1-24(2)12-7-13-25(3)14-8-15-26(4)16-9-17-27(5)18-10-19-28(6)22-30(33)31-21-11-20-29(32)23-31/h12,14,16,18,22,29,32H,7-11,13,15,17,19-21,23H2,1-6H3. The molecule has 0 aromatic rings. The van der Waals surface area contributed by atoms with Crippen LogP contribution in [0.4, 0.5) is 0 Å². The summed E-state index contributed by atoms with van der Waals surface area (Å²) in [6.45, 7) is 14.3. The molecule has 3 nitrogen and oxygen atoms in total. The van der Waals surface area contributed by atoms with E-state index in [9.17, 15) is 9.90 Å². The van der Waals surface area contributed by atoms with Gasteiger partial charge in [-0.25, -0.2) is 0 Å². The van der Waals surface area contributed by atoms with Crippen molar-refractivity contribution in [3.05, 3.63) is 58.2 Å². The number of aliphatic hydroxyl groups is 1. The molecule has 0 aromatic carbocycles. The van der Waals surface area contributed by atoms with Crippen LogP contribution in [0.2, 0.25) is 0 Å².